The topological polar surface area (TPSA) is 6.48 Å². The summed E-state index contributed by atoms with van der Waals surface area (Å²) in [7, 11) is 9.89. The van der Waals surface area contributed by atoms with Crippen LogP contribution in [0.5, 0.6) is 0 Å². The minimum Gasteiger partial charge on any atom is -0.318 e. The normalized spacial score (nSPS) is 53.5. The van der Waals surface area contributed by atoms with Crippen LogP contribution < -0.4 is 0 Å². The van der Waals surface area contributed by atoms with Gasteiger partial charge in [0.25, 0.3) is 0 Å². The first-order chi connectivity index (χ1) is 10.4. The zero-order chi connectivity index (χ0) is 15.5. The van der Waals surface area contributed by atoms with Crippen molar-refractivity contribution in [2.24, 2.45) is 0 Å². The van der Waals surface area contributed by atoms with Crippen LogP contribution in [-0.2, 0) is 0 Å². The maximum absolute atomic E-state index is 2.67. The molecule has 6 fully saturated rings. The Hall–Kier alpha value is -0.160. The third-order valence-electron chi connectivity index (χ3n) is 8.19. The van der Waals surface area contributed by atoms with Crippen molar-refractivity contribution in [1.29, 1.82) is 0 Å². The molecule has 0 spiro atoms. The first kappa shape index (κ1) is 15.4. The second-order valence-electron chi connectivity index (χ2n) is 9.31. The van der Waals surface area contributed by atoms with E-state index in [0.717, 1.165) is 24.2 Å². The highest BCUT2D eigenvalue weighted by atomic mass is 15.5. The summed E-state index contributed by atoms with van der Waals surface area (Å²) in [4.78, 5) is 5.33. The van der Waals surface area contributed by atoms with Gasteiger partial charge in [-0.05, 0) is 14.1 Å². The van der Waals surface area contributed by atoms with Crippen molar-refractivity contribution in [3.8, 4) is 0 Å². The van der Waals surface area contributed by atoms with E-state index < -0.39 is 0 Å². The van der Waals surface area contributed by atoms with Gasteiger partial charge in [0.05, 0.1) is 40.3 Å². The van der Waals surface area contributed by atoms with Gasteiger partial charge in [0.15, 0.2) is 0 Å². The van der Waals surface area contributed by atoms with E-state index in [1.54, 1.807) is 0 Å². The molecule has 6 rings (SSSR count). The van der Waals surface area contributed by atoms with Gasteiger partial charge < -0.3 is 8.97 Å². The third kappa shape index (κ3) is 2.26. The van der Waals surface area contributed by atoms with Gasteiger partial charge in [-0.3, -0.25) is 9.80 Å². The van der Waals surface area contributed by atoms with Crippen molar-refractivity contribution in [3.05, 3.63) is 0 Å². The van der Waals surface area contributed by atoms with Crippen molar-refractivity contribution in [3.63, 3.8) is 0 Å². The molecule has 4 nitrogen and oxygen atoms in total. The number of likely N-dealkylation sites (N-methyl/N-ethyl adjacent to an activating group) is 4. The number of piperidine rings is 2. The molecule has 0 N–H and O–H groups in total. The minimum atomic E-state index is 0.853. The molecular weight excluding hydrogens is 272 g/mol. The summed E-state index contributed by atoms with van der Waals surface area (Å²) >= 11 is 0. The van der Waals surface area contributed by atoms with Crippen LogP contribution in [0.4, 0.5) is 0 Å². The molecular formula is C18H36N4+2. The van der Waals surface area contributed by atoms with Crippen molar-refractivity contribution in [2.75, 3.05) is 67.5 Å². The van der Waals surface area contributed by atoms with Crippen LogP contribution in [0.1, 0.15) is 25.7 Å². The lowest BCUT2D eigenvalue weighted by molar-refractivity contribution is -1.00. The lowest BCUT2D eigenvalue weighted by atomic mass is 9.82. The number of rotatable bonds is 1. The first-order valence-electron chi connectivity index (χ1n) is 9.50. The summed E-state index contributed by atoms with van der Waals surface area (Å²) in [6.07, 6.45) is 5.73. The van der Waals surface area contributed by atoms with Crippen molar-refractivity contribution in [1.82, 2.24) is 9.80 Å². The molecule has 6 aliphatic heterocycles. The molecule has 0 aromatic heterocycles. The lowest BCUT2D eigenvalue weighted by Gasteiger charge is -2.54. The van der Waals surface area contributed by atoms with Crippen LogP contribution in [-0.4, -0.2) is 110 Å². The number of quaternary nitrogens is 2. The Balaban J connectivity index is 1.66. The van der Waals surface area contributed by atoms with Crippen LogP contribution in [0.3, 0.4) is 0 Å². The maximum atomic E-state index is 2.67. The minimum absolute atomic E-state index is 0.853. The highest BCUT2D eigenvalue weighted by molar-refractivity contribution is 4.92. The molecule has 6 unspecified atom stereocenters. The summed E-state index contributed by atoms with van der Waals surface area (Å²) in [5.74, 6) is 0. The Labute approximate surface area is 136 Å². The summed E-state index contributed by atoms with van der Waals surface area (Å²) in [6, 6.07) is 3.49. The SMILES string of the molecule is CN1CC[N+]2(C)CCC1CC2C1CC2CC[N+]1(C)CCN2C. The number of nitrogens with zero attached hydrogens (tertiary/aromatic N) is 4. The molecule has 126 valence electrons. The molecule has 0 aromatic carbocycles. The summed E-state index contributed by atoms with van der Waals surface area (Å²) in [6.45, 7) is 8.17. The van der Waals surface area contributed by atoms with E-state index in [2.05, 4.69) is 38.0 Å². The van der Waals surface area contributed by atoms with E-state index in [1.165, 1.54) is 73.9 Å². The van der Waals surface area contributed by atoms with Crippen LogP contribution in [0, 0.1) is 0 Å². The highest BCUT2D eigenvalue weighted by Gasteiger charge is 2.56. The fourth-order valence-corrected chi connectivity index (χ4v) is 6.16. The number of fused-ring (bicyclic) bond motifs is 9. The van der Waals surface area contributed by atoms with E-state index >= 15 is 0 Å². The summed E-state index contributed by atoms with van der Waals surface area (Å²) in [5, 5.41) is 0. The molecule has 0 saturated carbocycles. The van der Waals surface area contributed by atoms with E-state index in [-0.39, 0.29) is 0 Å². The van der Waals surface area contributed by atoms with Crippen LogP contribution in [0.2, 0.25) is 0 Å². The number of hydrogen-bond donors (Lipinski definition) is 0. The fraction of sp³-hybridized carbons (Fsp3) is 1.00. The van der Waals surface area contributed by atoms with Crippen LogP contribution >= 0.6 is 0 Å². The van der Waals surface area contributed by atoms with Gasteiger partial charge in [0.1, 0.15) is 12.1 Å². The summed E-state index contributed by atoms with van der Waals surface area (Å²) in [5.41, 5.74) is 0. The smallest absolute Gasteiger partial charge is 0.143 e. The van der Waals surface area contributed by atoms with Crippen molar-refractivity contribution >= 4 is 0 Å². The second-order valence-corrected chi connectivity index (χ2v) is 9.31. The monoisotopic (exact) mass is 308 g/mol. The van der Waals surface area contributed by atoms with Crippen molar-refractivity contribution in [2.45, 2.75) is 49.9 Å². The predicted octanol–water partition coefficient (Wildman–Crippen LogP) is 0.832. The Morgan fingerprint density at radius 2 is 1.09 bits per heavy atom. The zero-order valence-corrected chi connectivity index (χ0v) is 15.2. The third-order valence-corrected chi connectivity index (χ3v) is 8.19. The van der Waals surface area contributed by atoms with E-state index in [0.29, 0.717) is 0 Å². The Kier molecular flexibility index (Phi) is 3.61. The Morgan fingerprint density at radius 3 is 1.50 bits per heavy atom. The van der Waals surface area contributed by atoms with E-state index in [4.69, 9.17) is 0 Å². The van der Waals surface area contributed by atoms with Gasteiger partial charge in [0, 0.05) is 50.9 Å². The maximum Gasteiger partial charge on any atom is 0.143 e. The molecule has 6 heterocycles. The Bertz CT molecular complexity index is 401. The van der Waals surface area contributed by atoms with Gasteiger partial charge >= 0.3 is 0 Å². The molecule has 4 heteroatoms. The molecule has 0 radical (unpaired) electrons. The van der Waals surface area contributed by atoms with Crippen LogP contribution in [0.25, 0.3) is 0 Å². The molecule has 0 aromatic rings. The van der Waals surface area contributed by atoms with Gasteiger partial charge in [-0.25, -0.2) is 0 Å². The predicted molar refractivity (Wildman–Crippen MR) is 90.7 cm³/mol. The summed E-state index contributed by atoms with van der Waals surface area (Å²) < 4.78 is 2.71. The molecule has 22 heavy (non-hydrogen) atoms. The quantitative estimate of drug-likeness (QED) is 0.662. The average Bonchev–Trinajstić information content (AvgIpc) is 2.84. The van der Waals surface area contributed by atoms with E-state index in [9.17, 15) is 0 Å². The molecule has 6 saturated heterocycles. The first-order valence-corrected chi connectivity index (χ1v) is 9.50. The van der Waals surface area contributed by atoms with Gasteiger partial charge in [-0.2, -0.15) is 0 Å². The largest absolute Gasteiger partial charge is 0.318 e. The molecule has 4 bridgehead atoms. The molecule has 0 amide bonds. The second kappa shape index (κ2) is 5.17. The van der Waals surface area contributed by atoms with Crippen molar-refractivity contribution < 1.29 is 8.97 Å². The van der Waals surface area contributed by atoms with E-state index in [1.807, 2.05) is 0 Å². The highest BCUT2D eigenvalue weighted by Crippen LogP contribution is 2.40. The zero-order valence-electron chi connectivity index (χ0n) is 15.2. The lowest BCUT2D eigenvalue weighted by Crippen LogP contribution is -2.70. The molecule has 0 aliphatic carbocycles. The van der Waals surface area contributed by atoms with Gasteiger partial charge in [-0.15, -0.1) is 0 Å². The van der Waals surface area contributed by atoms with Crippen LogP contribution in [0.15, 0.2) is 0 Å². The molecule has 6 aliphatic rings. The average molecular weight is 309 g/mol. The Morgan fingerprint density at radius 1 is 0.682 bits per heavy atom. The number of hydrogen-bond acceptors (Lipinski definition) is 2. The fourth-order valence-electron chi connectivity index (χ4n) is 6.16. The van der Waals surface area contributed by atoms with Gasteiger partial charge in [-0.1, -0.05) is 0 Å². The molecule has 6 atom stereocenters. The van der Waals surface area contributed by atoms with Gasteiger partial charge in [0.2, 0.25) is 0 Å². The standard InChI is InChI=1S/C18H36N4/c1-19-7-11-21(3)9-5-15(19)13-17(21)18-14-16-6-10-22(18,4)12-8-20(16)2/h15-18H,5-14H2,1-4H3/q+2.